The summed E-state index contributed by atoms with van der Waals surface area (Å²) in [5.74, 6) is -2.00. The highest BCUT2D eigenvalue weighted by Gasteiger charge is 2.32. The van der Waals surface area contributed by atoms with Crippen molar-refractivity contribution in [2.24, 2.45) is 0 Å². The van der Waals surface area contributed by atoms with Gasteiger partial charge in [0.25, 0.3) is 0 Å². The number of likely N-dealkylation sites (N-methyl/N-ethyl adjacent to an activating group) is 1. The van der Waals surface area contributed by atoms with E-state index in [2.05, 4.69) is 5.32 Å². The van der Waals surface area contributed by atoms with E-state index in [0.717, 1.165) is 22.5 Å². The van der Waals surface area contributed by atoms with Gasteiger partial charge < -0.3 is 19.9 Å². The Labute approximate surface area is 222 Å². The maximum absolute atomic E-state index is 12.0. The molecule has 3 rings (SSSR count). The van der Waals surface area contributed by atoms with Crippen molar-refractivity contribution in [2.45, 2.75) is 122 Å². The Hall–Kier alpha value is -2.61. The Balaban J connectivity index is 0.000000308. The van der Waals surface area contributed by atoms with Crippen molar-refractivity contribution in [3.05, 3.63) is 35.9 Å². The average molecular weight is 519 g/mol. The molecular weight excluding hydrogens is 472 g/mol. The highest BCUT2D eigenvalue weighted by Crippen LogP contribution is 2.22. The van der Waals surface area contributed by atoms with Gasteiger partial charge in [0, 0.05) is 19.1 Å². The smallest absolute Gasteiger partial charge is 0.410 e. The summed E-state index contributed by atoms with van der Waals surface area (Å²) in [5, 5.41) is 13.1. The molecule has 0 aliphatic heterocycles. The fraction of sp³-hybridized carbons (Fsp3) is 0.690. The molecule has 1 aromatic rings. The summed E-state index contributed by atoms with van der Waals surface area (Å²) < 4.78 is 10.2. The molecule has 37 heavy (non-hydrogen) atoms. The summed E-state index contributed by atoms with van der Waals surface area (Å²) in [4.78, 5) is 36.1. The lowest BCUT2D eigenvalue weighted by atomic mass is 9.91. The van der Waals surface area contributed by atoms with E-state index in [1.54, 1.807) is 45.0 Å². The normalized spacial score (nSPS) is 17.6. The molecule has 1 amide bonds. The standard InChI is InChI=1S/C17H23NO6.C12H23N/c1-17(2,3)24-14(19)10-13(15(20)21)18(4)16(22)23-11-12-8-6-5-7-9-12;1-3-7-11(8-4-1)13-12-9-5-2-6-10-12/h5-9,13H,10-11H2,1-4H3,(H,20,21);11-13H,1-10H2. The largest absolute Gasteiger partial charge is 0.480 e. The first kappa shape index (κ1) is 30.6. The van der Waals surface area contributed by atoms with E-state index in [9.17, 15) is 19.5 Å². The number of rotatable bonds is 8. The minimum atomic E-state index is -1.36. The molecule has 2 saturated carbocycles. The van der Waals surface area contributed by atoms with Crippen molar-refractivity contribution in [1.82, 2.24) is 10.2 Å². The van der Waals surface area contributed by atoms with Crippen LogP contribution in [-0.4, -0.2) is 58.8 Å². The van der Waals surface area contributed by atoms with Crippen molar-refractivity contribution in [2.75, 3.05) is 7.05 Å². The Bertz CT molecular complexity index is 811. The van der Waals surface area contributed by atoms with E-state index in [4.69, 9.17) is 9.47 Å². The molecule has 2 N–H and O–H groups in total. The maximum Gasteiger partial charge on any atom is 0.410 e. The molecule has 0 saturated heterocycles. The molecule has 8 nitrogen and oxygen atoms in total. The number of nitrogens with one attached hydrogen (secondary N) is 1. The summed E-state index contributed by atoms with van der Waals surface area (Å²) in [6, 6.07) is 9.38. The van der Waals surface area contributed by atoms with Gasteiger partial charge in [-0.1, -0.05) is 68.9 Å². The molecule has 0 heterocycles. The number of amides is 1. The third-order valence-corrected chi connectivity index (χ3v) is 6.71. The highest BCUT2D eigenvalue weighted by atomic mass is 16.6. The Morgan fingerprint density at radius 2 is 1.46 bits per heavy atom. The lowest BCUT2D eigenvalue weighted by molar-refractivity contribution is -0.160. The van der Waals surface area contributed by atoms with Crippen molar-refractivity contribution in [3.8, 4) is 0 Å². The topological polar surface area (TPSA) is 105 Å². The predicted molar refractivity (Wildman–Crippen MR) is 143 cm³/mol. The summed E-state index contributed by atoms with van der Waals surface area (Å²) in [7, 11) is 1.27. The van der Waals surface area contributed by atoms with Crippen LogP contribution in [0.2, 0.25) is 0 Å². The molecule has 0 radical (unpaired) electrons. The molecule has 2 aliphatic rings. The molecule has 2 aliphatic carbocycles. The second-order valence-electron chi connectivity index (χ2n) is 11.1. The van der Waals surface area contributed by atoms with Crippen LogP contribution in [-0.2, 0) is 25.7 Å². The first-order valence-electron chi connectivity index (χ1n) is 13.7. The van der Waals surface area contributed by atoms with Crippen molar-refractivity contribution < 1.29 is 29.0 Å². The Morgan fingerprint density at radius 3 is 1.92 bits per heavy atom. The van der Waals surface area contributed by atoms with Gasteiger partial charge in [-0.2, -0.15) is 0 Å². The fourth-order valence-corrected chi connectivity index (χ4v) is 4.75. The molecular formula is C29H46N2O6. The molecule has 1 unspecified atom stereocenters. The van der Waals surface area contributed by atoms with E-state index in [0.29, 0.717) is 0 Å². The van der Waals surface area contributed by atoms with Gasteiger partial charge >= 0.3 is 18.0 Å². The number of carboxylic acid groups (broad SMARTS) is 1. The van der Waals surface area contributed by atoms with Gasteiger partial charge in [0.05, 0.1) is 6.42 Å². The minimum Gasteiger partial charge on any atom is -0.480 e. The molecule has 2 fully saturated rings. The van der Waals surface area contributed by atoms with Crippen molar-refractivity contribution >= 4 is 18.0 Å². The van der Waals surface area contributed by atoms with Crippen LogP contribution in [0.1, 0.15) is 97.0 Å². The number of carboxylic acids is 1. The minimum absolute atomic E-state index is 0.0167. The molecule has 208 valence electrons. The van der Waals surface area contributed by atoms with Crippen LogP contribution in [0.5, 0.6) is 0 Å². The zero-order valence-corrected chi connectivity index (χ0v) is 23.0. The van der Waals surface area contributed by atoms with Gasteiger partial charge in [0.15, 0.2) is 0 Å². The van der Waals surface area contributed by atoms with Crippen molar-refractivity contribution in [1.29, 1.82) is 0 Å². The van der Waals surface area contributed by atoms with Gasteiger partial charge in [-0.25, -0.2) is 9.59 Å². The lowest BCUT2D eigenvalue weighted by Gasteiger charge is -2.30. The third kappa shape index (κ3) is 12.5. The number of benzene rings is 1. The summed E-state index contributed by atoms with van der Waals surface area (Å²) in [6.07, 6.45) is 13.3. The van der Waals surface area contributed by atoms with E-state index >= 15 is 0 Å². The number of esters is 1. The molecule has 1 atom stereocenters. The predicted octanol–water partition coefficient (Wildman–Crippen LogP) is 5.68. The summed E-state index contributed by atoms with van der Waals surface area (Å²) in [6.45, 7) is 5.05. The number of carbonyl (C=O) groups is 3. The van der Waals surface area contributed by atoms with E-state index < -0.39 is 36.1 Å². The lowest BCUT2D eigenvalue weighted by Crippen LogP contribution is -2.44. The van der Waals surface area contributed by atoms with Crippen LogP contribution in [0.25, 0.3) is 0 Å². The van der Waals surface area contributed by atoms with E-state index in [1.807, 2.05) is 6.07 Å². The van der Waals surface area contributed by atoms with Crippen LogP contribution in [0.4, 0.5) is 4.79 Å². The van der Waals surface area contributed by atoms with Gasteiger partial charge in [-0.3, -0.25) is 9.69 Å². The van der Waals surface area contributed by atoms with Crippen LogP contribution >= 0.6 is 0 Å². The van der Waals surface area contributed by atoms with Crippen LogP contribution in [0, 0.1) is 0 Å². The SMILES string of the molecule is C1CCC(NC2CCCCC2)CC1.CN(C(=O)OCc1ccccc1)C(CC(=O)OC(C)(C)C)C(=O)O. The molecule has 0 spiro atoms. The van der Waals surface area contributed by atoms with E-state index in [1.165, 1.54) is 71.3 Å². The number of hydrogen-bond donors (Lipinski definition) is 2. The van der Waals surface area contributed by atoms with Gasteiger partial charge in [-0.15, -0.1) is 0 Å². The highest BCUT2D eigenvalue weighted by molar-refractivity contribution is 5.85. The van der Waals surface area contributed by atoms with E-state index in [-0.39, 0.29) is 6.61 Å². The van der Waals surface area contributed by atoms with Crippen LogP contribution < -0.4 is 5.32 Å². The monoisotopic (exact) mass is 518 g/mol. The van der Waals surface area contributed by atoms with Gasteiger partial charge in [0.2, 0.25) is 0 Å². The molecule has 8 heteroatoms. The number of aliphatic carboxylic acids is 1. The number of nitrogens with zero attached hydrogens (tertiary/aromatic N) is 1. The number of ether oxygens (including phenoxy) is 2. The zero-order valence-electron chi connectivity index (χ0n) is 23.0. The first-order chi connectivity index (χ1) is 17.5. The quantitative estimate of drug-likeness (QED) is 0.427. The number of carbonyl (C=O) groups excluding carboxylic acids is 2. The second-order valence-corrected chi connectivity index (χ2v) is 11.1. The van der Waals surface area contributed by atoms with Crippen LogP contribution in [0.15, 0.2) is 30.3 Å². The fourth-order valence-electron chi connectivity index (χ4n) is 4.75. The third-order valence-electron chi connectivity index (χ3n) is 6.71. The summed E-state index contributed by atoms with van der Waals surface area (Å²) in [5.41, 5.74) is 0.0465. The zero-order chi connectivity index (χ0) is 27.3. The average Bonchev–Trinajstić information content (AvgIpc) is 2.86. The van der Waals surface area contributed by atoms with Crippen LogP contribution in [0.3, 0.4) is 0 Å². The number of hydrogen-bond acceptors (Lipinski definition) is 6. The first-order valence-corrected chi connectivity index (χ1v) is 13.7. The van der Waals surface area contributed by atoms with Gasteiger partial charge in [0.1, 0.15) is 18.2 Å². The molecule has 1 aromatic carbocycles. The Kier molecular flexibility index (Phi) is 12.9. The molecule has 0 bridgehead atoms. The molecule has 0 aromatic heterocycles. The Morgan fingerprint density at radius 1 is 0.946 bits per heavy atom. The maximum atomic E-state index is 12.0. The second kappa shape index (κ2) is 15.6. The van der Waals surface area contributed by atoms with Gasteiger partial charge in [-0.05, 0) is 52.0 Å². The van der Waals surface area contributed by atoms with Crippen molar-refractivity contribution in [3.63, 3.8) is 0 Å². The summed E-state index contributed by atoms with van der Waals surface area (Å²) >= 11 is 0.